The number of ether oxygens (including phenoxy) is 2. The van der Waals surface area contributed by atoms with E-state index < -0.39 is 0 Å². The predicted octanol–water partition coefficient (Wildman–Crippen LogP) is 7.55. The number of aromatic hydroxyl groups is 1. The Bertz CT molecular complexity index is 1250. The molecule has 166 valence electrons. The molecule has 1 N–H and O–H groups in total. The first-order valence-corrected chi connectivity index (χ1v) is 11.1. The second-order valence-corrected chi connectivity index (χ2v) is 7.82. The van der Waals surface area contributed by atoms with E-state index in [0.29, 0.717) is 0 Å². The number of hydrogen-bond donors (Lipinski definition) is 1. The van der Waals surface area contributed by atoms with E-state index in [1.165, 1.54) is 0 Å². The van der Waals surface area contributed by atoms with E-state index in [1.807, 2.05) is 121 Å². The van der Waals surface area contributed by atoms with Crippen molar-refractivity contribution in [2.24, 2.45) is 0 Å². The van der Waals surface area contributed by atoms with Crippen molar-refractivity contribution in [2.75, 3.05) is 0 Å². The van der Waals surface area contributed by atoms with E-state index in [9.17, 15) is 5.11 Å². The summed E-state index contributed by atoms with van der Waals surface area (Å²) >= 11 is 0. The molecule has 4 heteroatoms. The lowest BCUT2D eigenvalue weighted by Crippen LogP contribution is -2.04. The largest absolute Gasteiger partial charge is 0.493 e. The Labute approximate surface area is 198 Å². The van der Waals surface area contributed by atoms with Crippen molar-refractivity contribution >= 4 is 0 Å². The summed E-state index contributed by atoms with van der Waals surface area (Å²) in [4.78, 5) is 4.10. The Balaban J connectivity index is 1.45. The number of pyridine rings is 1. The number of benzene rings is 4. The van der Waals surface area contributed by atoms with Crippen LogP contribution in [0.4, 0.5) is 0 Å². The van der Waals surface area contributed by atoms with Crippen LogP contribution in [0.15, 0.2) is 128 Å². The summed E-state index contributed by atoms with van der Waals surface area (Å²) in [5.74, 6) is 2.87. The SMILES string of the molecule is Oc1ncccc1C(c1ccc(Oc2ccccc2)cc1)c1ccc(Oc2ccccc2)cc1. The Hall–Kier alpha value is -4.57. The molecule has 0 bridgehead atoms. The molecule has 0 aliphatic rings. The van der Waals surface area contributed by atoms with Gasteiger partial charge in [-0.15, -0.1) is 0 Å². The standard InChI is InChI=1S/C30H23NO3/c32-30-28(12-7-21-31-30)29(22-13-17-26(18-14-22)33-24-8-3-1-4-9-24)23-15-19-27(20-16-23)34-25-10-5-2-6-11-25/h1-21,29H,(H,31,32). The van der Waals surface area contributed by atoms with Crippen LogP contribution in [-0.2, 0) is 0 Å². The van der Waals surface area contributed by atoms with E-state index in [1.54, 1.807) is 6.20 Å². The van der Waals surface area contributed by atoms with Crippen LogP contribution in [0.3, 0.4) is 0 Å². The van der Waals surface area contributed by atoms with E-state index >= 15 is 0 Å². The van der Waals surface area contributed by atoms with Crippen molar-refractivity contribution in [3.8, 4) is 28.9 Å². The van der Waals surface area contributed by atoms with Crippen molar-refractivity contribution in [1.29, 1.82) is 0 Å². The fourth-order valence-corrected chi connectivity index (χ4v) is 3.89. The molecule has 0 atom stereocenters. The van der Waals surface area contributed by atoms with Gasteiger partial charge in [-0.2, -0.15) is 0 Å². The van der Waals surface area contributed by atoms with Crippen LogP contribution in [0, 0.1) is 0 Å². The molecule has 0 radical (unpaired) electrons. The minimum atomic E-state index is -0.203. The first kappa shape index (κ1) is 21.3. The lowest BCUT2D eigenvalue weighted by atomic mass is 9.85. The van der Waals surface area contributed by atoms with Gasteiger partial charge in [0.2, 0.25) is 5.88 Å². The molecule has 0 saturated heterocycles. The summed E-state index contributed by atoms with van der Waals surface area (Å²) in [5.41, 5.74) is 2.76. The maximum Gasteiger partial charge on any atom is 0.214 e. The highest BCUT2D eigenvalue weighted by Gasteiger charge is 2.21. The number of nitrogens with zero attached hydrogens (tertiary/aromatic N) is 1. The number of aromatic nitrogens is 1. The highest BCUT2D eigenvalue weighted by Crippen LogP contribution is 2.37. The zero-order valence-electron chi connectivity index (χ0n) is 18.4. The second-order valence-electron chi connectivity index (χ2n) is 7.82. The van der Waals surface area contributed by atoms with E-state index in [-0.39, 0.29) is 11.8 Å². The molecule has 5 rings (SSSR count). The Kier molecular flexibility index (Phi) is 6.21. The van der Waals surface area contributed by atoms with Crippen LogP contribution >= 0.6 is 0 Å². The maximum atomic E-state index is 10.5. The van der Waals surface area contributed by atoms with Crippen molar-refractivity contribution in [3.63, 3.8) is 0 Å². The Morgan fingerprint density at radius 3 is 1.38 bits per heavy atom. The fourth-order valence-electron chi connectivity index (χ4n) is 3.89. The first-order valence-electron chi connectivity index (χ1n) is 11.1. The van der Waals surface area contributed by atoms with Crippen molar-refractivity contribution in [3.05, 3.63) is 144 Å². The summed E-state index contributed by atoms with van der Waals surface area (Å²) in [6, 6.07) is 38.9. The molecule has 34 heavy (non-hydrogen) atoms. The maximum absolute atomic E-state index is 10.5. The number of rotatable bonds is 7. The van der Waals surface area contributed by atoms with Crippen LogP contribution in [0.5, 0.6) is 28.9 Å². The molecule has 4 aromatic carbocycles. The number of hydrogen-bond acceptors (Lipinski definition) is 4. The Morgan fingerprint density at radius 1 is 0.500 bits per heavy atom. The lowest BCUT2D eigenvalue weighted by Gasteiger charge is -2.20. The van der Waals surface area contributed by atoms with E-state index in [0.717, 1.165) is 39.7 Å². The van der Waals surface area contributed by atoms with Crippen molar-refractivity contribution in [1.82, 2.24) is 4.98 Å². The molecule has 0 aliphatic carbocycles. The van der Waals surface area contributed by atoms with E-state index in [2.05, 4.69) is 4.98 Å². The van der Waals surface area contributed by atoms with Gasteiger partial charge in [-0.1, -0.05) is 66.7 Å². The van der Waals surface area contributed by atoms with Gasteiger partial charge in [0, 0.05) is 17.7 Å². The molecular formula is C30H23NO3. The zero-order valence-corrected chi connectivity index (χ0v) is 18.4. The quantitative estimate of drug-likeness (QED) is 0.281. The van der Waals surface area contributed by atoms with Gasteiger partial charge < -0.3 is 14.6 Å². The zero-order chi connectivity index (χ0) is 23.2. The highest BCUT2D eigenvalue weighted by atomic mass is 16.5. The minimum absolute atomic E-state index is 0.0155. The smallest absolute Gasteiger partial charge is 0.214 e. The molecule has 0 amide bonds. The third-order valence-electron chi connectivity index (χ3n) is 5.51. The van der Waals surface area contributed by atoms with Gasteiger partial charge in [0.1, 0.15) is 23.0 Å². The predicted molar refractivity (Wildman–Crippen MR) is 133 cm³/mol. The third-order valence-corrected chi connectivity index (χ3v) is 5.51. The molecule has 1 aromatic heterocycles. The fraction of sp³-hybridized carbons (Fsp3) is 0.0333. The second kappa shape index (κ2) is 9.92. The average Bonchev–Trinajstić information content (AvgIpc) is 2.89. The van der Waals surface area contributed by atoms with Crippen LogP contribution in [0.25, 0.3) is 0 Å². The van der Waals surface area contributed by atoms with Crippen LogP contribution < -0.4 is 9.47 Å². The van der Waals surface area contributed by atoms with Gasteiger partial charge in [0.25, 0.3) is 0 Å². The van der Waals surface area contributed by atoms with Gasteiger partial charge >= 0.3 is 0 Å². The van der Waals surface area contributed by atoms with Crippen molar-refractivity contribution in [2.45, 2.75) is 5.92 Å². The minimum Gasteiger partial charge on any atom is -0.493 e. The summed E-state index contributed by atoms with van der Waals surface area (Å²) in [5, 5.41) is 10.5. The molecule has 0 saturated carbocycles. The summed E-state index contributed by atoms with van der Waals surface area (Å²) in [7, 11) is 0. The molecule has 0 fully saturated rings. The van der Waals surface area contributed by atoms with Gasteiger partial charge in [-0.05, 0) is 65.7 Å². The molecule has 1 heterocycles. The van der Waals surface area contributed by atoms with Gasteiger partial charge in [0.15, 0.2) is 0 Å². The molecular weight excluding hydrogens is 422 g/mol. The molecule has 0 aliphatic heterocycles. The van der Waals surface area contributed by atoms with Gasteiger partial charge in [0.05, 0.1) is 0 Å². The Morgan fingerprint density at radius 2 is 0.941 bits per heavy atom. The number of para-hydroxylation sites is 2. The summed E-state index contributed by atoms with van der Waals surface area (Å²) in [6.07, 6.45) is 1.59. The molecule has 0 spiro atoms. The highest BCUT2D eigenvalue weighted by molar-refractivity contribution is 5.49. The van der Waals surface area contributed by atoms with Crippen LogP contribution in [-0.4, -0.2) is 10.1 Å². The van der Waals surface area contributed by atoms with E-state index in [4.69, 9.17) is 9.47 Å². The molecule has 0 unspecified atom stereocenters. The molecule has 4 nitrogen and oxygen atoms in total. The van der Waals surface area contributed by atoms with Crippen molar-refractivity contribution < 1.29 is 14.6 Å². The van der Waals surface area contributed by atoms with Gasteiger partial charge in [-0.25, -0.2) is 4.98 Å². The topological polar surface area (TPSA) is 51.6 Å². The normalized spacial score (nSPS) is 10.7. The monoisotopic (exact) mass is 445 g/mol. The summed E-state index contributed by atoms with van der Waals surface area (Å²) < 4.78 is 11.9. The van der Waals surface area contributed by atoms with Crippen LogP contribution in [0.2, 0.25) is 0 Å². The lowest BCUT2D eigenvalue weighted by molar-refractivity contribution is 0.445. The molecule has 5 aromatic rings. The average molecular weight is 446 g/mol. The van der Waals surface area contributed by atoms with Crippen LogP contribution in [0.1, 0.15) is 22.6 Å². The third kappa shape index (κ3) is 4.92. The first-order chi connectivity index (χ1) is 16.8. The summed E-state index contributed by atoms with van der Waals surface area (Å²) in [6.45, 7) is 0. The van der Waals surface area contributed by atoms with Gasteiger partial charge in [-0.3, -0.25) is 0 Å².